The molecule has 14 heteroatoms. The highest BCUT2D eigenvalue weighted by Crippen LogP contribution is 2.52. The highest BCUT2D eigenvalue weighted by Gasteiger charge is 2.73. The lowest BCUT2D eigenvalue weighted by Gasteiger charge is -2.42. The lowest BCUT2D eigenvalue weighted by molar-refractivity contribution is -0.324. The number of halogens is 8. The molecular formula is C15H7F8N5O. The van der Waals surface area contributed by atoms with Gasteiger partial charge in [0.1, 0.15) is 0 Å². The van der Waals surface area contributed by atoms with Crippen molar-refractivity contribution in [2.24, 2.45) is 0 Å². The molecule has 29 heavy (non-hydrogen) atoms. The van der Waals surface area contributed by atoms with Gasteiger partial charge < -0.3 is 4.74 Å². The molecule has 0 aliphatic heterocycles. The molecule has 1 unspecified atom stereocenters. The fraction of sp³-hybridized carbons (Fsp3) is 0.333. The second kappa shape index (κ2) is 5.97. The fourth-order valence-corrected chi connectivity index (χ4v) is 2.65. The third kappa shape index (κ3) is 3.02. The van der Waals surface area contributed by atoms with Gasteiger partial charge in [0.2, 0.25) is 5.82 Å². The lowest BCUT2D eigenvalue weighted by Crippen LogP contribution is -2.64. The molecule has 0 saturated heterocycles. The van der Waals surface area contributed by atoms with Gasteiger partial charge in [-0.25, -0.2) is 9.37 Å². The van der Waals surface area contributed by atoms with E-state index in [1.807, 2.05) is 0 Å². The number of nitrogens with zero attached hydrogens (tertiary/aromatic N) is 5. The van der Waals surface area contributed by atoms with E-state index in [4.69, 9.17) is 0 Å². The molecule has 0 spiro atoms. The Morgan fingerprint density at radius 1 is 1.07 bits per heavy atom. The molecule has 0 amide bonds. The van der Waals surface area contributed by atoms with Gasteiger partial charge in [0.25, 0.3) is 5.88 Å². The summed E-state index contributed by atoms with van der Waals surface area (Å²) in [4.78, 5) is 7.27. The van der Waals surface area contributed by atoms with E-state index in [0.717, 1.165) is 18.6 Å². The predicted octanol–water partition coefficient (Wildman–Crippen LogP) is 3.77. The van der Waals surface area contributed by atoms with Gasteiger partial charge in [-0.3, -0.25) is 9.38 Å². The van der Waals surface area contributed by atoms with E-state index in [2.05, 4.69) is 24.9 Å². The third-order valence-corrected chi connectivity index (χ3v) is 4.24. The lowest BCUT2D eigenvalue weighted by atomic mass is 9.85. The molecule has 1 saturated carbocycles. The van der Waals surface area contributed by atoms with Crippen LogP contribution < -0.4 is 4.74 Å². The summed E-state index contributed by atoms with van der Waals surface area (Å²) in [6.45, 7) is 0. The van der Waals surface area contributed by atoms with Crippen molar-refractivity contribution in [2.75, 3.05) is 0 Å². The molecule has 6 nitrogen and oxygen atoms in total. The maximum atomic E-state index is 14.2. The van der Waals surface area contributed by atoms with Gasteiger partial charge in [-0.2, -0.15) is 30.7 Å². The summed E-state index contributed by atoms with van der Waals surface area (Å²) in [6, 6.07) is 0.711. The summed E-state index contributed by atoms with van der Waals surface area (Å²) < 4.78 is 110. The molecular weight excluding hydrogens is 418 g/mol. The molecule has 1 fully saturated rings. The zero-order chi connectivity index (χ0) is 21.2. The van der Waals surface area contributed by atoms with Crippen molar-refractivity contribution in [1.82, 2.24) is 24.6 Å². The van der Waals surface area contributed by atoms with Gasteiger partial charge >= 0.3 is 18.0 Å². The van der Waals surface area contributed by atoms with Gasteiger partial charge in [-0.05, 0) is 6.07 Å². The number of alkyl halides is 7. The predicted molar refractivity (Wildman–Crippen MR) is 77.9 cm³/mol. The van der Waals surface area contributed by atoms with Crippen molar-refractivity contribution < 1.29 is 39.9 Å². The number of aromatic nitrogens is 5. The highest BCUT2D eigenvalue weighted by molar-refractivity contribution is 5.59. The largest absolute Gasteiger partial charge is 0.465 e. The van der Waals surface area contributed by atoms with Crippen LogP contribution in [0.4, 0.5) is 35.1 Å². The van der Waals surface area contributed by atoms with Crippen LogP contribution in [0.25, 0.3) is 16.9 Å². The summed E-state index contributed by atoms with van der Waals surface area (Å²) in [5.74, 6) is -12.3. The zero-order valence-corrected chi connectivity index (χ0v) is 13.8. The molecule has 0 aromatic carbocycles. The SMILES string of the molecule is Fc1cc(-c2cn3c(C(F)(F)F)nnc3cn2)cnc1OC1CC(F)(F)C1(F)F. The Morgan fingerprint density at radius 3 is 2.38 bits per heavy atom. The highest BCUT2D eigenvalue weighted by atomic mass is 19.4. The fourth-order valence-electron chi connectivity index (χ4n) is 2.65. The molecule has 1 aliphatic carbocycles. The molecule has 154 valence electrons. The van der Waals surface area contributed by atoms with E-state index in [-0.39, 0.29) is 16.9 Å². The van der Waals surface area contributed by atoms with E-state index >= 15 is 0 Å². The Bertz CT molecular complexity index is 1100. The van der Waals surface area contributed by atoms with Crippen LogP contribution in [0.5, 0.6) is 5.88 Å². The first kappa shape index (κ1) is 19.3. The van der Waals surface area contributed by atoms with Crippen LogP contribution in [0.1, 0.15) is 12.2 Å². The zero-order valence-electron chi connectivity index (χ0n) is 13.8. The molecule has 3 aromatic heterocycles. The molecule has 3 heterocycles. The first-order chi connectivity index (χ1) is 13.4. The molecule has 0 radical (unpaired) electrons. The number of pyridine rings is 1. The third-order valence-electron chi connectivity index (χ3n) is 4.24. The molecule has 0 bridgehead atoms. The average molecular weight is 425 g/mol. The molecule has 1 aliphatic rings. The van der Waals surface area contributed by atoms with Crippen LogP contribution in [0, 0.1) is 5.82 Å². The van der Waals surface area contributed by atoms with Crippen LogP contribution in [-0.2, 0) is 6.18 Å². The number of hydrogen-bond donors (Lipinski definition) is 0. The van der Waals surface area contributed by atoms with E-state index in [1.165, 1.54) is 0 Å². The van der Waals surface area contributed by atoms with E-state index in [9.17, 15) is 35.1 Å². The maximum absolute atomic E-state index is 14.2. The van der Waals surface area contributed by atoms with Crippen LogP contribution in [0.3, 0.4) is 0 Å². The summed E-state index contributed by atoms with van der Waals surface area (Å²) in [5, 5.41) is 6.33. The maximum Gasteiger partial charge on any atom is 0.452 e. The van der Waals surface area contributed by atoms with Crippen molar-refractivity contribution in [3.8, 4) is 17.1 Å². The van der Waals surface area contributed by atoms with E-state index < -0.39 is 48.1 Å². The van der Waals surface area contributed by atoms with Crippen LogP contribution >= 0.6 is 0 Å². The van der Waals surface area contributed by atoms with Crippen molar-refractivity contribution in [3.63, 3.8) is 0 Å². The first-order valence-corrected chi connectivity index (χ1v) is 7.76. The minimum atomic E-state index is -4.81. The van der Waals surface area contributed by atoms with Crippen LogP contribution in [0.2, 0.25) is 0 Å². The Hall–Kier alpha value is -3.06. The normalized spacial score (nSPS) is 20.5. The van der Waals surface area contributed by atoms with Gasteiger partial charge in [0, 0.05) is 18.0 Å². The summed E-state index contributed by atoms with van der Waals surface area (Å²) in [7, 11) is 0. The minimum Gasteiger partial charge on any atom is -0.465 e. The second-order valence-electron chi connectivity index (χ2n) is 6.17. The van der Waals surface area contributed by atoms with Gasteiger partial charge in [-0.15, -0.1) is 10.2 Å². The Morgan fingerprint density at radius 2 is 1.79 bits per heavy atom. The number of ether oxygens (including phenoxy) is 1. The van der Waals surface area contributed by atoms with Crippen molar-refractivity contribution >= 4 is 5.65 Å². The smallest absolute Gasteiger partial charge is 0.452 e. The van der Waals surface area contributed by atoms with Gasteiger partial charge in [0.05, 0.1) is 18.3 Å². The van der Waals surface area contributed by atoms with Crippen molar-refractivity contribution in [3.05, 3.63) is 36.3 Å². The number of rotatable bonds is 3. The summed E-state index contributed by atoms with van der Waals surface area (Å²) >= 11 is 0. The number of hydrogen-bond acceptors (Lipinski definition) is 5. The van der Waals surface area contributed by atoms with E-state index in [0.29, 0.717) is 10.5 Å². The van der Waals surface area contributed by atoms with Crippen molar-refractivity contribution in [1.29, 1.82) is 0 Å². The van der Waals surface area contributed by atoms with Crippen molar-refractivity contribution in [2.45, 2.75) is 30.5 Å². The first-order valence-electron chi connectivity index (χ1n) is 7.76. The van der Waals surface area contributed by atoms with Crippen LogP contribution in [-0.4, -0.2) is 42.5 Å². The summed E-state index contributed by atoms with van der Waals surface area (Å²) in [5.41, 5.74) is -0.506. The summed E-state index contributed by atoms with van der Waals surface area (Å²) in [6.07, 6.45) is -5.65. The van der Waals surface area contributed by atoms with Crippen LogP contribution in [0.15, 0.2) is 24.7 Å². The number of fused-ring (bicyclic) bond motifs is 1. The second-order valence-corrected chi connectivity index (χ2v) is 6.17. The topological polar surface area (TPSA) is 65.2 Å². The quantitative estimate of drug-likeness (QED) is 0.598. The standard InChI is InChI=1S/C15H7F8N5O/c16-7-1-6(3-25-11(7)29-9-2-13(17,18)14(9,19)20)8-5-28-10(4-24-8)26-27-12(28)15(21,22)23/h1,3-5,9H,2H2. The molecule has 1 atom stereocenters. The average Bonchev–Trinajstić information content (AvgIpc) is 3.06. The van der Waals surface area contributed by atoms with E-state index in [1.54, 1.807) is 0 Å². The Kier molecular flexibility index (Phi) is 3.96. The molecule has 3 aromatic rings. The van der Waals surface area contributed by atoms with Gasteiger partial charge in [0.15, 0.2) is 17.6 Å². The Labute approximate surface area is 155 Å². The minimum absolute atomic E-state index is 0.121. The van der Waals surface area contributed by atoms with Gasteiger partial charge in [-0.1, -0.05) is 0 Å². The molecule has 4 rings (SSSR count). The monoisotopic (exact) mass is 425 g/mol. The molecule has 0 N–H and O–H groups in total. The Balaban J connectivity index is 1.63.